The SMILES string of the molecule is COC(=O)C1C(C)=N[C@@H](c2ccccc2[N+](=O)[O-])[NH2+][C@@H]1c1ccccc1[N+](=O)[O-]. The lowest BCUT2D eigenvalue weighted by Crippen LogP contribution is -2.89. The summed E-state index contributed by atoms with van der Waals surface area (Å²) in [7, 11) is 1.24. The number of hydrogen-bond donors (Lipinski definition) is 1. The monoisotopic (exact) mass is 399 g/mol. The maximum Gasteiger partial charge on any atom is 0.320 e. The Morgan fingerprint density at radius 1 is 1.00 bits per heavy atom. The highest BCUT2D eigenvalue weighted by Crippen LogP contribution is 2.34. The van der Waals surface area contributed by atoms with Gasteiger partial charge < -0.3 is 10.1 Å². The minimum atomic E-state index is -0.861. The predicted octanol–water partition coefficient (Wildman–Crippen LogP) is 2.07. The van der Waals surface area contributed by atoms with E-state index >= 15 is 0 Å². The molecule has 10 nitrogen and oxygen atoms in total. The van der Waals surface area contributed by atoms with Gasteiger partial charge in [0.1, 0.15) is 11.6 Å². The van der Waals surface area contributed by atoms with Gasteiger partial charge in [0.2, 0.25) is 6.17 Å². The number of ether oxygens (including phenoxy) is 1. The van der Waals surface area contributed by atoms with E-state index in [1.807, 2.05) is 0 Å². The lowest BCUT2D eigenvalue weighted by atomic mass is 9.86. The third-order valence-corrected chi connectivity index (χ3v) is 4.94. The van der Waals surface area contributed by atoms with E-state index in [2.05, 4.69) is 4.99 Å². The molecule has 1 aliphatic rings. The Labute approximate surface area is 165 Å². The molecule has 0 amide bonds. The molecule has 29 heavy (non-hydrogen) atoms. The van der Waals surface area contributed by atoms with Crippen molar-refractivity contribution in [3.63, 3.8) is 0 Å². The molecule has 0 spiro atoms. The lowest BCUT2D eigenvalue weighted by Gasteiger charge is -2.31. The number of nitrogens with two attached hydrogens (primary N) is 1. The lowest BCUT2D eigenvalue weighted by molar-refractivity contribution is -0.739. The van der Waals surface area contributed by atoms with Gasteiger partial charge in [0.15, 0.2) is 5.92 Å². The number of esters is 1. The highest BCUT2D eigenvalue weighted by molar-refractivity contribution is 6.02. The Bertz CT molecular complexity index is 1010. The van der Waals surface area contributed by atoms with Crippen LogP contribution in [0, 0.1) is 26.1 Å². The van der Waals surface area contributed by atoms with Crippen LogP contribution in [-0.2, 0) is 9.53 Å². The quantitative estimate of drug-likeness (QED) is 0.463. The number of para-hydroxylation sites is 2. The summed E-state index contributed by atoms with van der Waals surface area (Å²) < 4.78 is 4.90. The van der Waals surface area contributed by atoms with Gasteiger partial charge in [-0.15, -0.1) is 0 Å². The van der Waals surface area contributed by atoms with Gasteiger partial charge in [0.05, 0.1) is 22.5 Å². The summed E-state index contributed by atoms with van der Waals surface area (Å²) in [6.07, 6.45) is -0.734. The van der Waals surface area contributed by atoms with Crippen molar-refractivity contribution in [2.75, 3.05) is 7.11 Å². The normalized spacial score (nSPS) is 21.2. The van der Waals surface area contributed by atoms with Crippen LogP contribution in [0.15, 0.2) is 53.5 Å². The topological polar surface area (TPSA) is 142 Å². The van der Waals surface area contributed by atoms with Crippen LogP contribution in [0.1, 0.15) is 30.3 Å². The molecule has 3 rings (SSSR count). The van der Waals surface area contributed by atoms with Crippen molar-refractivity contribution in [3.8, 4) is 0 Å². The Hall–Kier alpha value is -3.66. The van der Waals surface area contributed by atoms with Crippen molar-refractivity contribution in [3.05, 3.63) is 79.9 Å². The molecule has 0 aliphatic carbocycles. The maximum absolute atomic E-state index is 12.5. The minimum absolute atomic E-state index is 0.108. The fourth-order valence-corrected chi connectivity index (χ4v) is 3.65. The summed E-state index contributed by atoms with van der Waals surface area (Å²) in [5.74, 6) is -1.44. The average molecular weight is 399 g/mol. The summed E-state index contributed by atoms with van der Waals surface area (Å²) in [6.45, 7) is 1.62. The zero-order valence-electron chi connectivity index (χ0n) is 15.7. The first kappa shape index (κ1) is 20.1. The number of quaternary nitrogens is 1. The number of aliphatic imine (C=N–C) groups is 1. The van der Waals surface area contributed by atoms with Crippen molar-refractivity contribution in [2.24, 2.45) is 10.9 Å². The van der Waals surface area contributed by atoms with Gasteiger partial charge in [0.25, 0.3) is 11.4 Å². The van der Waals surface area contributed by atoms with E-state index in [1.54, 1.807) is 42.6 Å². The molecule has 0 bridgehead atoms. The zero-order valence-corrected chi connectivity index (χ0v) is 15.7. The molecule has 2 aromatic rings. The summed E-state index contributed by atoms with van der Waals surface area (Å²) in [4.78, 5) is 38.9. The first-order valence-corrected chi connectivity index (χ1v) is 8.79. The molecule has 0 fully saturated rings. The molecule has 1 aliphatic heterocycles. The van der Waals surface area contributed by atoms with E-state index in [9.17, 15) is 25.0 Å². The van der Waals surface area contributed by atoms with Gasteiger partial charge in [-0.2, -0.15) is 0 Å². The second-order valence-electron chi connectivity index (χ2n) is 6.57. The van der Waals surface area contributed by atoms with Gasteiger partial charge >= 0.3 is 5.97 Å². The summed E-state index contributed by atoms with van der Waals surface area (Å²) in [5, 5.41) is 24.6. The molecule has 1 unspecified atom stereocenters. The van der Waals surface area contributed by atoms with Crippen molar-refractivity contribution < 1.29 is 24.7 Å². The first-order chi connectivity index (χ1) is 13.8. The third kappa shape index (κ3) is 3.83. The summed E-state index contributed by atoms with van der Waals surface area (Å²) in [5.41, 5.74) is 0.821. The Morgan fingerprint density at radius 2 is 1.52 bits per heavy atom. The van der Waals surface area contributed by atoms with Gasteiger partial charge in [-0.25, -0.2) is 4.99 Å². The number of methoxy groups -OCH3 is 1. The maximum atomic E-state index is 12.5. The van der Waals surface area contributed by atoms with E-state index in [0.29, 0.717) is 16.8 Å². The van der Waals surface area contributed by atoms with Crippen LogP contribution in [0.5, 0.6) is 0 Å². The van der Waals surface area contributed by atoms with Crippen LogP contribution in [0.4, 0.5) is 11.4 Å². The number of nitro benzene ring substituents is 2. The van der Waals surface area contributed by atoms with Crippen LogP contribution >= 0.6 is 0 Å². The van der Waals surface area contributed by atoms with Crippen LogP contribution in [0.2, 0.25) is 0 Å². The van der Waals surface area contributed by atoms with E-state index in [-0.39, 0.29) is 11.4 Å². The van der Waals surface area contributed by atoms with Crippen molar-refractivity contribution in [1.82, 2.24) is 0 Å². The Balaban J connectivity index is 2.15. The molecule has 2 aromatic carbocycles. The molecule has 10 heteroatoms. The standard InChI is InChI=1S/C19H18N4O6/c1-11-16(19(24)29-2)17(12-7-3-5-9-14(12)22(25)26)21-18(20-11)13-8-4-6-10-15(13)23(27)28/h3-10,16-18,21H,1-2H3/p+1/t16?,17-,18-/m1/s1. The van der Waals surface area contributed by atoms with Crippen LogP contribution in [-0.4, -0.2) is 28.6 Å². The summed E-state index contributed by atoms with van der Waals surface area (Å²) in [6, 6.07) is 11.6. The second kappa shape index (κ2) is 8.15. The largest absolute Gasteiger partial charge is 0.468 e. The molecule has 1 heterocycles. The van der Waals surface area contributed by atoms with E-state index in [0.717, 1.165) is 0 Å². The number of rotatable bonds is 5. The van der Waals surface area contributed by atoms with Crippen LogP contribution in [0.3, 0.4) is 0 Å². The fourth-order valence-electron chi connectivity index (χ4n) is 3.65. The molecule has 2 N–H and O–H groups in total. The van der Waals surface area contributed by atoms with E-state index < -0.39 is 33.9 Å². The number of hydrogen-bond acceptors (Lipinski definition) is 7. The highest BCUT2D eigenvalue weighted by atomic mass is 16.6. The van der Waals surface area contributed by atoms with Crippen molar-refractivity contribution in [2.45, 2.75) is 19.1 Å². The molecule has 150 valence electrons. The van der Waals surface area contributed by atoms with Crippen molar-refractivity contribution in [1.29, 1.82) is 0 Å². The number of nitro groups is 2. The number of carbonyl (C=O) groups is 1. The van der Waals surface area contributed by atoms with Crippen LogP contribution < -0.4 is 5.32 Å². The third-order valence-electron chi connectivity index (χ3n) is 4.94. The van der Waals surface area contributed by atoms with Crippen molar-refractivity contribution >= 4 is 23.1 Å². The average Bonchev–Trinajstić information content (AvgIpc) is 2.72. The molecule has 0 aromatic heterocycles. The first-order valence-electron chi connectivity index (χ1n) is 8.79. The number of nitrogens with zero attached hydrogens (tertiary/aromatic N) is 3. The Morgan fingerprint density at radius 3 is 2.07 bits per heavy atom. The molecule has 0 saturated carbocycles. The Kier molecular flexibility index (Phi) is 5.64. The van der Waals surface area contributed by atoms with Gasteiger partial charge in [-0.05, 0) is 19.1 Å². The van der Waals surface area contributed by atoms with E-state index in [1.165, 1.54) is 25.3 Å². The molecule has 3 atom stereocenters. The summed E-state index contributed by atoms with van der Waals surface area (Å²) >= 11 is 0. The smallest absolute Gasteiger partial charge is 0.320 e. The molecular formula is C19H19N4O6+. The van der Waals surface area contributed by atoms with Gasteiger partial charge in [-0.1, -0.05) is 24.3 Å². The molecule has 0 radical (unpaired) electrons. The fraction of sp³-hybridized carbons (Fsp3) is 0.263. The number of benzene rings is 2. The number of carbonyl (C=O) groups excluding carboxylic acids is 1. The zero-order chi connectivity index (χ0) is 21.1. The molecular weight excluding hydrogens is 380 g/mol. The van der Waals surface area contributed by atoms with E-state index in [4.69, 9.17) is 4.74 Å². The minimum Gasteiger partial charge on any atom is -0.468 e. The second-order valence-corrected chi connectivity index (χ2v) is 6.57. The van der Waals surface area contributed by atoms with Crippen LogP contribution in [0.25, 0.3) is 0 Å². The van der Waals surface area contributed by atoms with Gasteiger partial charge in [0, 0.05) is 17.8 Å². The van der Waals surface area contributed by atoms with Gasteiger partial charge in [-0.3, -0.25) is 25.0 Å². The highest BCUT2D eigenvalue weighted by Gasteiger charge is 2.45. The molecule has 0 saturated heterocycles. The predicted molar refractivity (Wildman–Crippen MR) is 102 cm³/mol.